The van der Waals surface area contributed by atoms with Crippen molar-refractivity contribution in [1.82, 2.24) is 0 Å². The maximum absolute atomic E-state index is 12.2. The third-order valence-electron chi connectivity index (χ3n) is 5.51. The van der Waals surface area contributed by atoms with E-state index in [4.69, 9.17) is 16.3 Å². The van der Waals surface area contributed by atoms with E-state index in [0.717, 1.165) is 17.9 Å². The Bertz CT molecular complexity index is 489. The van der Waals surface area contributed by atoms with Crippen LogP contribution in [0.4, 0.5) is 0 Å². The number of rotatable bonds is 0. The lowest BCUT2D eigenvalue weighted by Crippen LogP contribution is -2.46. The van der Waals surface area contributed by atoms with Crippen LogP contribution in [0.5, 0.6) is 0 Å². The molecule has 4 atom stereocenters. The molecule has 4 aliphatic rings. The van der Waals surface area contributed by atoms with E-state index < -0.39 is 5.60 Å². The molecule has 1 saturated carbocycles. The van der Waals surface area contributed by atoms with Crippen molar-refractivity contribution in [2.24, 2.45) is 23.2 Å². The van der Waals surface area contributed by atoms with Gasteiger partial charge in [-0.05, 0) is 38.0 Å². The van der Waals surface area contributed by atoms with Crippen LogP contribution in [0.25, 0.3) is 0 Å². The lowest BCUT2D eigenvalue weighted by Gasteiger charge is -2.44. The van der Waals surface area contributed by atoms with Crippen LogP contribution in [0.15, 0.2) is 23.3 Å². The topological polar surface area (TPSA) is 26.3 Å². The number of ether oxygens (including phenoxy) is 1. The molecule has 0 aromatic carbocycles. The molecule has 0 aromatic heterocycles. The molecule has 0 unspecified atom stereocenters. The van der Waals surface area contributed by atoms with E-state index in [1.807, 2.05) is 6.92 Å². The monoisotopic (exact) mass is 264 g/mol. The average molecular weight is 265 g/mol. The summed E-state index contributed by atoms with van der Waals surface area (Å²) in [5.74, 6) is 0.703. The summed E-state index contributed by atoms with van der Waals surface area (Å²) in [5.41, 5.74) is -0.303. The lowest BCUT2D eigenvalue weighted by atomic mass is 9.61. The van der Waals surface area contributed by atoms with E-state index in [0.29, 0.717) is 5.92 Å². The number of carbonyl (C=O) groups is 1. The molecular formula is C15H17ClO2. The summed E-state index contributed by atoms with van der Waals surface area (Å²) < 4.78 is 5.71. The lowest BCUT2D eigenvalue weighted by molar-refractivity contribution is -0.147. The number of allylic oxidation sites excluding steroid dienone is 3. The van der Waals surface area contributed by atoms with Gasteiger partial charge in [0.2, 0.25) is 0 Å². The van der Waals surface area contributed by atoms with Gasteiger partial charge in [0.05, 0.1) is 11.0 Å². The predicted octanol–water partition coefficient (Wildman–Crippen LogP) is 3.42. The fourth-order valence-electron chi connectivity index (χ4n) is 4.55. The smallest absolute Gasteiger partial charge is 0.310 e. The second-order valence-corrected chi connectivity index (χ2v) is 6.80. The Morgan fingerprint density at radius 1 is 1.44 bits per heavy atom. The fraction of sp³-hybridized carbons (Fsp3) is 0.667. The molecule has 2 nitrogen and oxygen atoms in total. The van der Waals surface area contributed by atoms with Crippen molar-refractivity contribution >= 4 is 17.6 Å². The minimum atomic E-state index is -0.554. The van der Waals surface area contributed by atoms with Gasteiger partial charge < -0.3 is 4.74 Å². The van der Waals surface area contributed by atoms with Gasteiger partial charge >= 0.3 is 5.97 Å². The van der Waals surface area contributed by atoms with Crippen LogP contribution in [0.1, 0.15) is 32.6 Å². The second-order valence-electron chi connectivity index (χ2n) is 6.39. The summed E-state index contributed by atoms with van der Waals surface area (Å²) in [4.78, 5) is 12.2. The zero-order valence-electron chi connectivity index (χ0n) is 10.5. The molecule has 2 fully saturated rings. The molecule has 3 aliphatic carbocycles. The zero-order chi connectivity index (χ0) is 12.5. The minimum Gasteiger partial charge on any atom is -0.453 e. The van der Waals surface area contributed by atoms with Crippen LogP contribution in [-0.2, 0) is 9.53 Å². The SMILES string of the molecule is C[C@@]12OC(=O)[C@H]3CC/C=C/[C@H](C=C1Cl)C1(CC1)[C@@H]32. The number of carbonyl (C=O) groups excluding carboxylic acids is 1. The Labute approximate surface area is 112 Å². The van der Waals surface area contributed by atoms with Crippen molar-refractivity contribution in [2.45, 2.75) is 38.2 Å². The summed E-state index contributed by atoms with van der Waals surface area (Å²) in [5, 5.41) is 0.734. The molecule has 0 N–H and O–H groups in total. The number of hydrogen-bond donors (Lipinski definition) is 0. The Hall–Kier alpha value is -0.760. The minimum absolute atomic E-state index is 0.0312. The maximum atomic E-state index is 12.2. The van der Waals surface area contributed by atoms with Gasteiger partial charge in [0, 0.05) is 11.8 Å². The van der Waals surface area contributed by atoms with Crippen molar-refractivity contribution < 1.29 is 9.53 Å². The van der Waals surface area contributed by atoms with Crippen molar-refractivity contribution in [3.8, 4) is 0 Å². The number of hydrogen-bond acceptors (Lipinski definition) is 2. The van der Waals surface area contributed by atoms with Gasteiger partial charge in [0.1, 0.15) is 5.60 Å². The summed E-state index contributed by atoms with van der Waals surface area (Å²) in [6.45, 7) is 2.01. The third kappa shape index (κ3) is 1.13. The molecule has 2 bridgehead atoms. The highest BCUT2D eigenvalue weighted by Gasteiger charge is 2.70. The van der Waals surface area contributed by atoms with Gasteiger partial charge in [-0.15, -0.1) is 0 Å². The quantitative estimate of drug-likeness (QED) is 0.495. The fourth-order valence-corrected chi connectivity index (χ4v) is 4.84. The van der Waals surface area contributed by atoms with Crippen LogP contribution < -0.4 is 0 Å². The molecule has 1 spiro atoms. The van der Waals surface area contributed by atoms with Gasteiger partial charge in [-0.25, -0.2) is 0 Å². The highest BCUT2D eigenvalue weighted by molar-refractivity contribution is 6.31. The molecule has 1 aliphatic heterocycles. The summed E-state index contributed by atoms with van der Waals surface area (Å²) >= 11 is 6.45. The van der Waals surface area contributed by atoms with Gasteiger partial charge in [-0.1, -0.05) is 29.8 Å². The number of esters is 1. The molecule has 0 aromatic rings. The predicted molar refractivity (Wildman–Crippen MR) is 68.9 cm³/mol. The molecule has 1 saturated heterocycles. The summed E-state index contributed by atoms with van der Waals surface area (Å²) in [6, 6.07) is 0. The van der Waals surface area contributed by atoms with Crippen LogP contribution in [0, 0.1) is 23.2 Å². The Kier molecular flexibility index (Phi) is 1.98. The molecule has 3 heteroatoms. The average Bonchev–Trinajstić information content (AvgIpc) is 3.04. The molecule has 0 amide bonds. The summed E-state index contributed by atoms with van der Waals surface area (Å²) in [6.07, 6.45) is 10.9. The maximum Gasteiger partial charge on any atom is 0.310 e. The van der Waals surface area contributed by atoms with Gasteiger partial charge in [-0.2, -0.15) is 0 Å². The molecule has 4 rings (SSSR count). The first-order valence-electron chi connectivity index (χ1n) is 6.85. The molecule has 0 radical (unpaired) electrons. The number of halogens is 1. The third-order valence-corrected chi connectivity index (χ3v) is 6.01. The van der Waals surface area contributed by atoms with E-state index >= 15 is 0 Å². The van der Waals surface area contributed by atoms with Gasteiger partial charge in [0.15, 0.2) is 0 Å². The van der Waals surface area contributed by atoms with Crippen LogP contribution >= 0.6 is 11.6 Å². The second kappa shape index (κ2) is 3.22. The largest absolute Gasteiger partial charge is 0.453 e. The van der Waals surface area contributed by atoms with Crippen molar-refractivity contribution in [2.75, 3.05) is 0 Å². The molecule has 1 heterocycles. The highest BCUT2D eigenvalue weighted by Crippen LogP contribution is 2.70. The van der Waals surface area contributed by atoms with E-state index in [-0.39, 0.29) is 23.2 Å². The van der Waals surface area contributed by atoms with E-state index in [1.165, 1.54) is 12.8 Å². The Morgan fingerprint density at radius 2 is 2.22 bits per heavy atom. The zero-order valence-corrected chi connectivity index (χ0v) is 11.2. The molecule has 18 heavy (non-hydrogen) atoms. The standard InChI is InChI=1S/C15H17ClO2/c1-14-11(16)8-9-4-2-3-5-10(13(17)18-14)12(14)15(9)6-7-15/h2,4,8-10,12H,3,5-7H2,1H3/b4-2+/t9-,10+,12+,14-/m1/s1. The first-order chi connectivity index (χ1) is 8.58. The first-order valence-corrected chi connectivity index (χ1v) is 7.23. The van der Waals surface area contributed by atoms with E-state index in [2.05, 4.69) is 18.2 Å². The van der Waals surface area contributed by atoms with E-state index in [1.54, 1.807) is 0 Å². The molecule has 96 valence electrons. The van der Waals surface area contributed by atoms with Crippen molar-refractivity contribution in [1.29, 1.82) is 0 Å². The van der Waals surface area contributed by atoms with Crippen LogP contribution in [-0.4, -0.2) is 11.6 Å². The first kappa shape index (κ1) is 11.1. The van der Waals surface area contributed by atoms with E-state index in [9.17, 15) is 4.79 Å². The Morgan fingerprint density at radius 3 is 2.94 bits per heavy atom. The van der Waals surface area contributed by atoms with Crippen molar-refractivity contribution in [3.05, 3.63) is 23.3 Å². The molecular weight excluding hydrogens is 248 g/mol. The van der Waals surface area contributed by atoms with Crippen molar-refractivity contribution in [3.63, 3.8) is 0 Å². The van der Waals surface area contributed by atoms with Gasteiger partial charge in [-0.3, -0.25) is 4.79 Å². The normalized spacial score (nSPS) is 49.1. The highest BCUT2D eigenvalue weighted by atomic mass is 35.5. The van der Waals surface area contributed by atoms with Crippen LogP contribution in [0.2, 0.25) is 0 Å². The Balaban J connectivity index is 1.95. The summed E-state index contributed by atoms with van der Waals surface area (Å²) in [7, 11) is 0. The van der Waals surface area contributed by atoms with Crippen LogP contribution in [0.3, 0.4) is 0 Å². The van der Waals surface area contributed by atoms with Gasteiger partial charge in [0.25, 0.3) is 0 Å².